The maximum Gasteiger partial charge on any atom is 0.251 e. The largest absolute Gasteiger partial charge is 0.497 e. The summed E-state index contributed by atoms with van der Waals surface area (Å²) in [4.78, 5) is 12.9. The zero-order chi connectivity index (χ0) is 24.9. The lowest BCUT2D eigenvalue weighted by atomic mass is 10.0. The zero-order valence-corrected chi connectivity index (χ0v) is 21.1. The molecule has 1 atom stereocenters. The number of sulfonamides is 1. The molecule has 0 unspecified atom stereocenters. The summed E-state index contributed by atoms with van der Waals surface area (Å²) in [5.74, 6) is 0.591. The van der Waals surface area contributed by atoms with Gasteiger partial charge < -0.3 is 10.1 Å². The first-order valence-electron chi connectivity index (χ1n) is 11.2. The van der Waals surface area contributed by atoms with Gasteiger partial charge in [-0.25, -0.2) is 8.42 Å². The van der Waals surface area contributed by atoms with Gasteiger partial charge in [-0.3, -0.25) is 9.10 Å². The molecule has 1 amide bonds. The fraction of sp³-hybridized carbons (Fsp3) is 0.296. The summed E-state index contributed by atoms with van der Waals surface area (Å²) in [6.07, 6.45) is 1.95. The van der Waals surface area contributed by atoms with Crippen LogP contribution in [-0.4, -0.2) is 27.7 Å². The van der Waals surface area contributed by atoms with Crippen molar-refractivity contribution in [1.82, 2.24) is 5.32 Å². The molecule has 0 saturated heterocycles. The average Bonchev–Trinajstić information content (AvgIpc) is 2.82. The van der Waals surface area contributed by atoms with Gasteiger partial charge in [0.1, 0.15) is 5.75 Å². The summed E-state index contributed by atoms with van der Waals surface area (Å²) in [6.45, 7) is 6.16. The molecule has 34 heavy (non-hydrogen) atoms. The second-order valence-corrected chi connectivity index (χ2v) is 10.3. The molecule has 0 spiro atoms. The van der Waals surface area contributed by atoms with Crippen LogP contribution in [0.15, 0.2) is 66.7 Å². The van der Waals surface area contributed by atoms with Gasteiger partial charge >= 0.3 is 0 Å². The minimum atomic E-state index is -3.48. The van der Waals surface area contributed by atoms with Crippen molar-refractivity contribution in [3.8, 4) is 5.75 Å². The number of carbonyl (C=O) groups excluding carboxylic acids is 1. The van der Waals surface area contributed by atoms with Crippen LogP contribution in [-0.2, 0) is 16.6 Å². The van der Waals surface area contributed by atoms with E-state index >= 15 is 0 Å². The average molecular weight is 481 g/mol. The molecule has 0 saturated carbocycles. The van der Waals surface area contributed by atoms with Gasteiger partial charge in [-0.05, 0) is 78.9 Å². The Morgan fingerprint density at radius 3 is 2.15 bits per heavy atom. The first-order valence-corrected chi connectivity index (χ1v) is 13.1. The first-order chi connectivity index (χ1) is 16.1. The molecule has 180 valence electrons. The van der Waals surface area contributed by atoms with Crippen LogP contribution < -0.4 is 14.4 Å². The molecule has 3 aromatic rings. The minimum absolute atomic E-state index is 0.122. The number of methoxy groups -OCH3 is 1. The van der Waals surface area contributed by atoms with Crippen LogP contribution in [0, 0.1) is 13.8 Å². The molecule has 0 fully saturated rings. The highest BCUT2D eigenvalue weighted by atomic mass is 32.2. The van der Waals surface area contributed by atoms with Crippen molar-refractivity contribution in [2.75, 3.05) is 17.7 Å². The maximum atomic E-state index is 12.9. The highest BCUT2D eigenvalue weighted by Gasteiger charge is 2.19. The number of anilines is 1. The molecule has 0 radical (unpaired) electrons. The predicted molar refractivity (Wildman–Crippen MR) is 137 cm³/mol. The molecule has 6 nitrogen and oxygen atoms in total. The summed E-state index contributed by atoms with van der Waals surface area (Å²) in [7, 11) is -1.86. The monoisotopic (exact) mass is 480 g/mol. The topological polar surface area (TPSA) is 75.7 Å². The molecular formula is C27H32N2O4S. The van der Waals surface area contributed by atoms with Crippen molar-refractivity contribution in [1.29, 1.82) is 0 Å². The summed E-state index contributed by atoms with van der Waals surface area (Å²) >= 11 is 0. The molecule has 0 aromatic heterocycles. The molecule has 3 rings (SSSR count). The smallest absolute Gasteiger partial charge is 0.251 e. The van der Waals surface area contributed by atoms with Crippen molar-refractivity contribution in [3.05, 3.63) is 94.5 Å². The molecule has 0 aliphatic rings. The van der Waals surface area contributed by atoms with E-state index in [9.17, 15) is 13.2 Å². The van der Waals surface area contributed by atoms with Crippen molar-refractivity contribution in [2.24, 2.45) is 0 Å². The van der Waals surface area contributed by atoms with Gasteiger partial charge in [-0.1, -0.05) is 37.3 Å². The first kappa shape index (κ1) is 25.3. The Labute approximate surface area is 202 Å². The summed E-state index contributed by atoms with van der Waals surface area (Å²) in [6, 6.07) is 20.2. The molecule has 0 heterocycles. The van der Waals surface area contributed by atoms with E-state index in [0.717, 1.165) is 34.4 Å². The van der Waals surface area contributed by atoms with Gasteiger partial charge in [-0.15, -0.1) is 0 Å². The van der Waals surface area contributed by atoms with Crippen molar-refractivity contribution in [2.45, 2.75) is 39.8 Å². The van der Waals surface area contributed by atoms with E-state index in [0.29, 0.717) is 11.3 Å². The normalized spacial score (nSPS) is 12.1. The van der Waals surface area contributed by atoms with Crippen LogP contribution in [0.5, 0.6) is 5.75 Å². The number of ether oxygens (including phenoxy) is 1. The summed E-state index contributed by atoms with van der Waals surface area (Å²) in [5.41, 5.74) is 5.08. The van der Waals surface area contributed by atoms with Gasteiger partial charge in [0.05, 0.1) is 31.6 Å². The van der Waals surface area contributed by atoms with Crippen LogP contribution >= 0.6 is 0 Å². The number of nitrogens with zero attached hydrogens (tertiary/aromatic N) is 1. The van der Waals surface area contributed by atoms with E-state index in [-0.39, 0.29) is 18.5 Å². The van der Waals surface area contributed by atoms with Gasteiger partial charge in [-0.2, -0.15) is 0 Å². The van der Waals surface area contributed by atoms with E-state index in [1.54, 1.807) is 31.4 Å². The molecule has 0 bridgehead atoms. The lowest BCUT2D eigenvalue weighted by Crippen LogP contribution is -2.29. The number of rotatable bonds is 9. The van der Waals surface area contributed by atoms with Crippen molar-refractivity contribution in [3.63, 3.8) is 0 Å². The van der Waals surface area contributed by atoms with Gasteiger partial charge in [0, 0.05) is 5.56 Å². The summed E-state index contributed by atoms with van der Waals surface area (Å²) in [5, 5.41) is 3.07. The zero-order valence-electron chi connectivity index (χ0n) is 20.3. The number of nitrogens with one attached hydrogen (secondary N) is 1. The van der Waals surface area contributed by atoms with Crippen molar-refractivity contribution >= 4 is 21.6 Å². The number of carbonyl (C=O) groups is 1. The standard InChI is InChI=1S/C27H32N2O4S/c1-6-26(22-12-15-25(33-4)16-13-22)28-27(30)23-10-8-21(9-11-23)18-29(34(5,31)32)24-14-7-19(2)20(3)17-24/h7-17,26H,6,18H2,1-5H3,(H,28,30)/t26-/m1/s1. The number of hydrogen-bond acceptors (Lipinski definition) is 4. The molecular weight excluding hydrogens is 448 g/mol. The number of benzene rings is 3. The fourth-order valence-electron chi connectivity index (χ4n) is 3.71. The molecule has 0 aliphatic heterocycles. The highest BCUT2D eigenvalue weighted by Crippen LogP contribution is 2.24. The third-order valence-corrected chi connectivity index (χ3v) is 7.09. The second kappa shape index (κ2) is 10.7. The minimum Gasteiger partial charge on any atom is -0.497 e. The molecule has 7 heteroatoms. The Balaban J connectivity index is 1.74. The van der Waals surface area contributed by atoms with Gasteiger partial charge in [0.25, 0.3) is 5.91 Å². The number of amides is 1. The number of aryl methyl sites for hydroxylation is 2. The SMILES string of the molecule is CC[C@@H](NC(=O)c1ccc(CN(c2ccc(C)c(C)c2)S(C)(=O)=O)cc1)c1ccc(OC)cc1. The third kappa shape index (κ3) is 6.17. The fourth-order valence-corrected chi connectivity index (χ4v) is 4.59. The van der Waals surface area contributed by atoms with E-state index in [1.165, 1.54) is 10.6 Å². The van der Waals surface area contributed by atoms with Gasteiger partial charge in [0.2, 0.25) is 10.0 Å². The van der Waals surface area contributed by atoms with E-state index in [2.05, 4.69) is 5.32 Å². The van der Waals surface area contributed by atoms with Crippen LogP contribution in [0.1, 0.15) is 52.0 Å². The maximum absolute atomic E-state index is 12.9. The molecule has 3 aromatic carbocycles. The van der Waals surface area contributed by atoms with Crippen LogP contribution in [0.2, 0.25) is 0 Å². The summed E-state index contributed by atoms with van der Waals surface area (Å²) < 4.78 is 31.6. The van der Waals surface area contributed by atoms with Crippen LogP contribution in [0.3, 0.4) is 0 Å². The van der Waals surface area contributed by atoms with Crippen LogP contribution in [0.4, 0.5) is 5.69 Å². The lowest BCUT2D eigenvalue weighted by Gasteiger charge is -2.23. The van der Waals surface area contributed by atoms with E-state index in [1.807, 2.05) is 63.2 Å². The van der Waals surface area contributed by atoms with Crippen molar-refractivity contribution < 1.29 is 17.9 Å². The van der Waals surface area contributed by atoms with E-state index in [4.69, 9.17) is 4.74 Å². The molecule has 1 N–H and O–H groups in total. The Bertz CT molecular complexity index is 1240. The Morgan fingerprint density at radius 2 is 1.62 bits per heavy atom. The lowest BCUT2D eigenvalue weighted by molar-refractivity contribution is 0.0935. The molecule has 0 aliphatic carbocycles. The third-order valence-electron chi connectivity index (χ3n) is 5.95. The second-order valence-electron chi connectivity index (χ2n) is 8.44. The van der Waals surface area contributed by atoms with Gasteiger partial charge in [0.15, 0.2) is 0 Å². The Kier molecular flexibility index (Phi) is 7.99. The highest BCUT2D eigenvalue weighted by molar-refractivity contribution is 7.92. The predicted octanol–water partition coefficient (Wildman–Crippen LogP) is 5.16. The Hall–Kier alpha value is -3.32. The van der Waals surface area contributed by atoms with E-state index < -0.39 is 10.0 Å². The quantitative estimate of drug-likeness (QED) is 0.459. The van der Waals surface area contributed by atoms with Crippen LogP contribution in [0.25, 0.3) is 0 Å². The number of hydrogen-bond donors (Lipinski definition) is 1. The Morgan fingerprint density at radius 1 is 0.971 bits per heavy atom.